The minimum Gasteiger partial charge on any atom is -0.375 e. The summed E-state index contributed by atoms with van der Waals surface area (Å²) in [7, 11) is 0. The first-order valence-corrected chi connectivity index (χ1v) is 5.70. The molecule has 0 aliphatic heterocycles. The van der Waals surface area contributed by atoms with E-state index in [1.807, 2.05) is 0 Å². The lowest BCUT2D eigenvalue weighted by Crippen LogP contribution is -2.31. The molecular weight excluding hydrogens is 180 g/mol. The van der Waals surface area contributed by atoms with Gasteiger partial charge in [-0.05, 0) is 37.9 Å². The number of ether oxygens (including phenoxy) is 1. The van der Waals surface area contributed by atoms with E-state index in [1.54, 1.807) is 0 Å². The minimum atomic E-state index is 0.0137. The quantitative estimate of drug-likeness (QED) is 0.514. The molecule has 0 heterocycles. The number of hydrogen-bond donors (Lipinski definition) is 1. The molecule has 80 valence electrons. The van der Waals surface area contributed by atoms with Gasteiger partial charge in [0.1, 0.15) is 0 Å². The zero-order valence-corrected chi connectivity index (χ0v) is 10.5. The second-order valence-corrected chi connectivity index (χ2v) is 5.48. The summed E-state index contributed by atoms with van der Waals surface area (Å²) in [4.78, 5) is 0. The Labute approximate surface area is 88.7 Å². The van der Waals surface area contributed by atoms with Crippen LogP contribution in [0.15, 0.2) is 0 Å². The molecule has 0 aliphatic rings. The van der Waals surface area contributed by atoms with E-state index in [1.165, 1.54) is 0 Å². The van der Waals surface area contributed by atoms with Crippen LogP contribution in [0.5, 0.6) is 0 Å². The fourth-order valence-corrected chi connectivity index (χ4v) is 1.06. The van der Waals surface area contributed by atoms with Crippen LogP contribution in [0.4, 0.5) is 0 Å². The molecular formula is C11H24OS. The first-order chi connectivity index (χ1) is 5.86. The molecule has 0 aromatic rings. The zero-order valence-electron chi connectivity index (χ0n) is 9.63. The fraction of sp³-hybridized carbons (Fsp3) is 1.00. The van der Waals surface area contributed by atoms with Crippen molar-refractivity contribution in [1.82, 2.24) is 0 Å². The Morgan fingerprint density at radius 3 is 2.15 bits per heavy atom. The maximum absolute atomic E-state index is 5.81. The van der Waals surface area contributed by atoms with Crippen molar-refractivity contribution >= 4 is 12.6 Å². The van der Waals surface area contributed by atoms with Gasteiger partial charge in [-0.2, -0.15) is 12.6 Å². The largest absolute Gasteiger partial charge is 0.375 e. The third-order valence-corrected chi connectivity index (χ3v) is 2.89. The van der Waals surface area contributed by atoms with E-state index in [9.17, 15) is 0 Å². The predicted molar refractivity (Wildman–Crippen MR) is 62.6 cm³/mol. The monoisotopic (exact) mass is 204 g/mol. The number of thiol groups is 1. The molecule has 0 N–H and O–H groups in total. The highest BCUT2D eigenvalue weighted by molar-refractivity contribution is 7.80. The SMILES string of the molecule is CC(S)CCCOC(C)(C)C(C)C. The minimum absolute atomic E-state index is 0.0137. The molecule has 0 rings (SSSR count). The maximum Gasteiger partial charge on any atom is 0.0649 e. The molecule has 0 saturated heterocycles. The molecule has 1 nitrogen and oxygen atoms in total. The summed E-state index contributed by atoms with van der Waals surface area (Å²) in [6.07, 6.45) is 2.25. The molecule has 13 heavy (non-hydrogen) atoms. The van der Waals surface area contributed by atoms with Crippen LogP contribution in [-0.4, -0.2) is 17.5 Å². The van der Waals surface area contributed by atoms with Crippen molar-refractivity contribution in [3.05, 3.63) is 0 Å². The molecule has 0 fully saturated rings. The maximum atomic E-state index is 5.81. The van der Waals surface area contributed by atoms with Crippen LogP contribution in [0.3, 0.4) is 0 Å². The van der Waals surface area contributed by atoms with Crippen molar-refractivity contribution in [2.75, 3.05) is 6.61 Å². The highest BCUT2D eigenvalue weighted by Gasteiger charge is 2.22. The Hall–Kier alpha value is 0.310. The average Bonchev–Trinajstić information content (AvgIpc) is 1.97. The Balaban J connectivity index is 3.52. The third kappa shape index (κ3) is 6.39. The Morgan fingerprint density at radius 1 is 1.23 bits per heavy atom. The van der Waals surface area contributed by atoms with Gasteiger partial charge in [-0.25, -0.2) is 0 Å². The summed E-state index contributed by atoms with van der Waals surface area (Å²) in [5.41, 5.74) is 0.0137. The van der Waals surface area contributed by atoms with Crippen molar-refractivity contribution in [1.29, 1.82) is 0 Å². The zero-order chi connectivity index (χ0) is 10.5. The summed E-state index contributed by atoms with van der Waals surface area (Å²) in [5, 5.41) is 0.491. The third-order valence-electron chi connectivity index (χ3n) is 2.63. The van der Waals surface area contributed by atoms with E-state index in [2.05, 4.69) is 47.2 Å². The van der Waals surface area contributed by atoms with Gasteiger partial charge in [0.05, 0.1) is 5.60 Å². The topological polar surface area (TPSA) is 9.23 Å². The summed E-state index contributed by atoms with van der Waals surface area (Å²) in [6.45, 7) is 11.7. The first-order valence-electron chi connectivity index (χ1n) is 5.18. The van der Waals surface area contributed by atoms with Crippen LogP contribution in [-0.2, 0) is 4.74 Å². The van der Waals surface area contributed by atoms with Gasteiger partial charge in [0.25, 0.3) is 0 Å². The Bertz CT molecular complexity index is 130. The molecule has 0 amide bonds. The second-order valence-electron chi connectivity index (χ2n) is 4.60. The van der Waals surface area contributed by atoms with Gasteiger partial charge in [-0.3, -0.25) is 0 Å². The van der Waals surface area contributed by atoms with Crippen LogP contribution in [0.1, 0.15) is 47.5 Å². The van der Waals surface area contributed by atoms with Gasteiger partial charge >= 0.3 is 0 Å². The van der Waals surface area contributed by atoms with E-state index >= 15 is 0 Å². The molecule has 2 heteroatoms. The molecule has 0 spiro atoms. The van der Waals surface area contributed by atoms with Gasteiger partial charge < -0.3 is 4.74 Å². The van der Waals surface area contributed by atoms with Crippen LogP contribution < -0.4 is 0 Å². The lowest BCUT2D eigenvalue weighted by molar-refractivity contribution is -0.0513. The number of rotatable bonds is 6. The van der Waals surface area contributed by atoms with E-state index < -0.39 is 0 Å². The fourth-order valence-electron chi connectivity index (χ4n) is 0.881. The summed E-state index contributed by atoms with van der Waals surface area (Å²) in [6, 6.07) is 0. The van der Waals surface area contributed by atoms with Gasteiger partial charge in [-0.15, -0.1) is 0 Å². The molecule has 0 aromatic heterocycles. The Morgan fingerprint density at radius 2 is 1.77 bits per heavy atom. The smallest absolute Gasteiger partial charge is 0.0649 e. The molecule has 0 aromatic carbocycles. The van der Waals surface area contributed by atoms with Crippen LogP contribution in [0, 0.1) is 5.92 Å². The van der Waals surface area contributed by atoms with Gasteiger partial charge in [0.2, 0.25) is 0 Å². The van der Waals surface area contributed by atoms with Crippen molar-refractivity contribution in [3.63, 3.8) is 0 Å². The highest BCUT2D eigenvalue weighted by Crippen LogP contribution is 2.20. The van der Waals surface area contributed by atoms with Gasteiger partial charge in [0, 0.05) is 6.61 Å². The first kappa shape index (κ1) is 13.3. The van der Waals surface area contributed by atoms with Crippen molar-refractivity contribution in [2.45, 2.75) is 58.3 Å². The highest BCUT2D eigenvalue weighted by atomic mass is 32.1. The van der Waals surface area contributed by atoms with Crippen LogP contribution in [0.2, 0.25) is 0 Å². The molecule has 0 radical (unpaired) electrons. The number of hydrogen-bond acceptors (Lipinski definition) is 2. The Kier molecular flexibility index (Phi) is 6.06. The van der Waals surface area contributed by atoms with E-state index in [4.69, 9.17) is 4.74 Å². The van der Waals surface area contributed by atoms with Crippen LogP contribution in [0.25, 0.3) is 0 Å². The van der Waals surface area contributed by atoms with Crippen molar-refractivity contribution in [2.24, 2.45) is 5.92 Å². The van der Waals surface area contributed by atoms with Crippen LogP contribution >= 0.6 is 12.6 Å². The molecule has 0 bridgehead atoms. The summed E-state index contributed by atoms with van der Waals surface area (Å²) < 4.78 is 5.81. The van der Waals surface area contributed by atoms with E-state index in [0.717, 1.165) is 19.4 Å². The second kappa shape index (κ2) is 5.92. The van der Waals surface area contributed by atoms with Gasteiger partial charge in [-0.1, -0.05) is 20.8 Å². The lowest BCUT2D eigenvalue weighted by Gasteiger charge is -2.29. The predicted octanol–water partition coefficient (Wildman–Crippen LogP) is 3.54. The van der Waals surface area contributed by atoms with E-state index in [-0.39, 0.29) is 5.60 Å². The van der Waals surface area contributed by atoms with E-state index in [0.29, 0.717) is 11.2 Å². The van der Waals surface area contributed by atoms with Crippen molar-refractivity contribution in [3.8, 4) is 0 Å². The molecule has 1 atom stereocenters. The normalized spacial score (nSPS) is 15.0. The molecule has 0 aliphatic carbocycles. The lowest BCUT2D eigenvalue weighted by atomic mass is 9.95. The van der Waals surface area contributed by atoms with Crippen molar-refractivity contribution < 1.29 is 4.74 Å². The van der Waals surface area contributed by atoms with Gasteiger partial charge in [0.15, 0.2) is 0 Å². The molecule has 1 unspecified atom stereocenters. The summed E-state index contributed by atoms with van der Waals surface area (Å²) >= 11 is 4.33. The average molecular weight is 204 g/mol. The standard InChI is InChI=1S/C11H24OS/c1-9(2)11(4,5)12-8-6-7-10(3)13/h9-10,13H,6-8H2,1-5H3. The molecule has 0 saturated carbocycles. The summed E-state index contributed by atoms with van der Waals surface area (Å²) in [5.74, 6) is 0.570.